The third kappa shape index (κ3) is 3.45. The lowest BCUT2D eigenvalue weighted by atomic mass is 9.95. The van der Waals surface area contributed by atoms with Gasteiger partial charge in [-0.05, 0) is 12.8 Å². The van der Waals surface area contributed by atoms with Crippen LogP contribution in [-0.4, -0.2) is 32.7 Å². The molecule has 0 aromatic carbocycles. The first-order valence-electron chi connectivity index (χ1n) is 5.21. The second-order valence-electron chi connectivity index (χ2n) is 5.35. The highest BCUT2D eigenvalue weighted by Gasteiger charge is 2.48. The maximum Gasteiger partial charge on any atom is 0.269 e. The fourth-order valence-corrected chi connectivity index (χ4v) is 2.44. The lowest BCUT2D eigenvalue weighted by molar-refractivity contribution is -0.129. The van der Waals surface area contributed by atoms with E-state index in [2.05, 4.69) is 9.50 Å². The maximum absolute atomic E-state index is 11.7. The van der Waals surface area contributed by atoms with E-state index in [-0.39, 0.29) is 11.7 Å². The first-order chi connectivity index (χ1) is 7.10. The van der Waals surface area contributed by atoms with Crippen LogP contribution in [-0.2, 0) is 19.1 Å². The summed E-state index contributed by atoms with van der Waals surface area (Å²) in [5.41, 5.74) is -1.11. The van der Waals surface area contributed by atoms with Crippen molar-refractivity contribution in [1.82, 2.24) is 5.32 Å². The zero-order valence-electron chi connectivity index (χ0n) is 10.2. The Morgan fingerprint density at radius 3 is 2.19 bits per heavy atom. The van der Waals surface area contributed by atoms with Crippen molar-refractivity contribution in [1.29, 1.82) is 0 Å². The van der Waals surface area contributed by atoms with E-state index in [0.29, 0.717) is 12.8 Å². The lowest BCUT2D eigenvalue weighted by Crippen LogP contribution is -2.46. The minimum Gasteiger partial charge on any atom is -0.349 e. The Morgan fingerprint density at radius 1 is 1.38 bits per heavy atom. The smallest absolute Gasteiger partial charge is 0.269 e. The highest BCUT2D eigenvalue weighted by molar-refractivity contribution is 7.86. The molecule has 1 fully saturated rings. The Hall–Kier alpha value is -0.620. The minimum absolute atomic E-state index is 0.128. The van der Waals surface area contributed by atoms with Crippen LogP contribution in [0.5, 0.6) is 0 Å². The zero-order valence-corrected chi connectivity index (χ0v) is 11.0. The number of hydrogen-bond acceptors (Lipinski definition) is 4. The molecule has 0 aromatic heterocycles. The number of nitrogens with one attached hydrogen (secondary N) is 1. The molecule has 0 spiro atoms. The van der Waals surface area contributed by atoms with E-state index in [9.17, 15) is 13.2 Å². The third-order valence-corrected chi connectivity index (χ3v) is 4.03. The van der Waals surface area contributed by atoms with Gasteiger partial charge >= 0.3 is 0 Å². The molecule has 0 heterocycles. The van der Waals surface area contributed by atoms with Gasteiger partial charge in [0, 0.05) is 5.41 Å². The van der Waals surface area contributed by atoms with Gasteiger partial charge in [0.15, 0.2) is 0 Å². The Kier molecular flexibility index (Phi) is 3.36. The van der Waals surface area contributed by atoms with Crippen molar-refractivity contribution < 1.29 is 17.4 Å². The van der Waals surface area contributed by atoms with Gasteiger partial charge in [-0.3, -0.25) is 8.98 Å². The number of carbonyl (C=O) groups excluding carboxylic acids is 1. The van der Waals surface area contributed by atoms with Crippen molar-refractivity contribution in [2.24, 2.45) is 5.41 Å². The molecule has 0 saturated heterocycles. The average molecular weight is 249 g/mol. The minimum atomic E-state index is -3.52. The van der Waals surface area contributed by atoms with Gasteiger partial charge in [-0.1, -0.05) is 20.8 Å². The van der Waals surface area contributed by atoms with E-state index in [0.717, 1.165) is 7.11 Å². The van der Waals surface area contributed by atoms with Gasteiger partial charge in [-0.25, -0.2) is 0 Å². The largest absolute Gasteiger partial charge is 0.349 e. The van der Waals surface area contributed by atoms with Crippen molar-refractivity contribution in [2.45, 2.75) is 39.2 Å². The molecule has 5 nitrogen and oxygen atoms in total. The second-order valence-corrected chi connectivity index (χ2v) is 7.09. The monoisotopic (exact) mass is 249 g/mol. The number of amides is 1. The molecule has 0 unspecified atom stereocenters. The molecule has 0 aromatic rings. The highest BCUT2D eigenvalue weighted by atomic mass is 32.2. The molecule has 1 aliphatic carbocycles. The van der Waals surface area contributed by atoms with Crippen LogP contribution in [0.3, 0.4) is 0 Å². The van der Waals surface area contributed by atoms with Crippen LogP contribution in [0.4, 0.5) is 0 Å². The zero-order chi connectivity index (χ0) is 12.6. The van der Waals surface area contributed by atoms with Crippen LogP contribution >= 0.6 is 0 Å². The lowest BCUT2D eigenvalue weighted by Gasteiger charge is -2.23. The third-order valence-electron chi connectivity index (χ3n) is 2.62. The molecule has 1 saturated carbocycles. The van der Waals surface area contributed by atoms with Crippen LogP contribution in [0.25, 0.3) is 0 Å². The van der Waals surface area contributed by atoms with Gasteiger partial charge in [0.2, 0.25) is 5.91 Å². The van der Waals surface area contributed by atoms with Gasteiger partial charge in [-0.15, -0.1) is 0 Å². The summed E-state index contributed by atoms with van der Waals surface area (Å²) in [7, 11) is -2.38. The molecule has 1 rings (SSSR count). The van der Waals surface area contributed by atoms with E-state index >= 15 is 0 Å². The van der Waals surface area contributed by atoms with Gasteiger partial charge in [0.1, 0.15) is 0 Å². The fraction of sp³-hybridized carbons (Fsp3) is 0.900. The first-order valence-corrected chi connectivity index (χ1v) is 6.79. The first kappa shape index (κ1) is 13.4. The summed E-state index contributed by atoms with van der Waals surface area (Å²) < 4.78 is 27.0. The van der Waals surface area contributed by atoms with Crippen LogP contribution in [0.2, 0.25) is 0 Å². The standard InChI is InChI=1S/C10H19NO4S/c1-9(2,3)8(12)11-10(5-6-10)7-16(13,14)15-4/h5-7H2,1-4H3,(H,11,12). The van der Waals surface area contributed by atoms with Crippen molar-refractivity contribution in [3.8, 4) is 0 Å². The van der Waals surface area contributed by atoms with Crippen LogP contribution in [0.15, 0.2) is 0 Å². The number of hydrogen-bond donors (Lipinski definition) is 1. The summed E-state index contributed by atoms with van der Waals surface area (Å²) in [6.07, 6.45) is 1.38. The van der Waals surface area contributed by atoms with Crippen LogP contribution in [0, 0.1) is 5.41 Å². The van der Waals surface area contributed by atoms with E-state index in [1.165, 1.54) is 0 Å². The summed E-state index contributed by atoms with van der Waals surface area (Å²) in [4.78, 5) is 11.7. The molecule has 0 bridgehead atoms. The van der Waals surface area contributed by atoms with Gasteiger partial charge in [0.25, 0.3) is 10.1 Å². The normalized spacial score (nSPS) is 19.2. The van der Waals surface area contributed by atoms with Gasteiger partial charge in [-0.2, -0.15) is 8.42 Å². The van der Waals surface area contributed by atoms with Gasteiger partial charge < -0.3 is 5.32 Å². The summed E-state index contributed by atoms with van der Waals surface area (Å²) in [6, 6.07) is 0. The van der Waals surface area contributed by atoms with Crippen LogP contribution in [0.1, 0.15) is 33.6 Å². The molecule has 94 valence electrons. The van der Waals surface area contributed by atoms with Crippen LogP contribution < -0.4 is 5.32 Å². The Bertz CT molecular complexity index is 376. The fourth-order valence-electron chi connectivity index (χ4n) is 1.28. The second kappa shape index (κ2) is 4.00. The predicted octanol–water partition coefficient (Wildman–Crippen LogP) is 0.657. The Morgan fingerprint density at radius 2 is 1.88 bits per heavy atom. The summed E-state index contributed by atoms with van der Waals surface area (Å²) in [5.74, 6) is -0.269. The quantitative estimate of drug-likeness (QED) is 0.743. The average Bonchev–Trinajstić information content (AvgIpc) is 2.82. The summed E-state index contributed by atoms with van der Waals surface area (Å²) >= 11 is 0. The molecule has 0 aliphatic heterocycles. The van der Waals surface area contributed by atoms with Crippen molar-refractivity contribution in [3.05, 3.63) is 0 Å². The van der Waals surface area contributed by atoms with Crippen molar-refractivity contribution in [2.75, 3.05) is 12.9 Å². The van der Waals surface area contributed by atoms with Crippen molar-refractivity contribution in [3.63, 3.8) is 0 Å². The molecule has 1 amide bonds. The topological polar surface area (TPSA) is 72.5 Å². The van der Waals surface area contributed by atoms with E-state index in [1.54, 1.807) is 20.8 Å². The Labute approximate surface area is 96.7 Å². The van der Waals surface area contributed by atoms with Gasteiger partial charge in [0.05, 0.1) is 18.4 Å². The predicted molar refractivity (Wildman–Crippen MR) is 60.4 cm³/mol. The summed E-state index contributed by atoms with van der Waals surface area (Å²) in [6.45, 7) is 5.38. The highest BCUT2D eigenvalue weighted by Crippen LogP contribution is 2.37. The molecule has 16 heavy (non-hydrogen) atoms. The molecular formula is C10H19NO4S. The van der Waals surface area contributed by atoms with E-state index < -0.39 is 21.1 Å². The molecule has 0 radical (unpaired) electrons. The molecule has 6 heteroatoms. The molecular weight excluding hydrogens is 230 g/mol. The maximum atomic E-state index is 11.7. The molecule has 0 atom stereocenters. The Balaban J connectivity index is 2.65. The summed E-state index contributed by atoms with van der Waals surface area (Å²) in [5, 5.41) is 2.80. The van der Waals surface area contributed by atoms with E-state index in [4.69, 9.17) is 0 Å². The SMILES string of the molecule is COS(=O)(=O)CC1(NC(=O)C(C)(C)C)CC1. The molecule has 1 aliphatic rings. The number of carbonyl (C=O) groups is 1. The van der Waals surface area contributed by atoms with E-state index in [1.807, 2.05) is 0 Å². The molecule has 1 N–H and O–H groups in total. The number of rotatable bonds is 4. The van der Waals surface area contributed by atoms with Crippen molar-refractivity contribution >= 4 is 16.0 Å².